The molecule has 0 saturated carbocycles. The standard InChI is InChI=1S/C29H26N3O/c1-18(2)28-30-27-25(33-28)17-16-19(3)26(27)29-31(4)23-13-7-8-14-24(23)32(29)22-15-9-11-20-10-5-6-12-21(20)22/h5-18H,1-4H3/q+1. The Hall–Kier alpha value is -3.92. The summed E-state index contributed by atoms with van der Waals surface area (Å²) in [6.07, 6.45) is 0. The number of aryl methyl sites for hydroxylation is 2. The molecule has 0 fully saturated rings. The molecule has 0 saturated heterocycles. The molecule has 4 heteroatoms. The second-order valence-corrected chi connectivity index (χ2v) is 9.02. The van der Waals surface area contributed by atoms with Crippen molar-refractivity contribution in [3.8, 4) is 17.1 Å². The Morgan fingerprint density at radius 1 is 0.879 bits per heavy atom. The Balaban J connectivity index is 1.80. The van der Waals surface area contributed by atoms with E-state index in [1.807, 2.05) is 6.07 Å². The van der Waals surface area contributed by atoms with Gasteiger partial charge in [-0.2, -0.15) is 4.57 Å². The fourth-order valence-electron chi connectivity index (χ4n) is 4.88. The molecule has 162 valence electrons. The molecule has 0 radical (unpaired) electrons. The maximum Gasteiger partial charge on any atom is 0.297 e. The van der Waals surface area contributed by atoms with E-state index in [-0.39, 0.29) is 5.92 Å². The summed E-state index contributed by atoms with van der Waals surface area (Å²) >= 11 is 0. The molecule has 2 aromatic heterocycles. The number of rotatable bonds is 3. The zero-order valence-corrected chi connectivity index (χ0v) is 19.3. The first-order chi connectivity index (χ1) is 16.0. The lowest BCUT2D eigenvalue weighted by Crippen LogP contribution is -2.30. The van der Waals surface area contributed by atoms with E-state index in [9.17, 15) is 0 Å². The van der Waals surface area contributed by atoms with Crippen LogP contribution in [0.3, 0.4) is 0 Å². The fourth-order valence-corrected chi connectivity index (χ4v) is 4.88. The maximum absolute atomic E-state index is 6.15. The molecule has 4 nitrogen and oxygen atoms in total. The SMILES string of the molecule is Cc1ccc2oc(C(C)C)nc2c1-c1n(-c2cccc3ccccc23)c2ccccc2[n+]1C. The normalized spacial score (nSPS) is 11.9. The first-order valence-electron chi connectivity index (χ1n) is 11.4. The van der Waals surface area contributed by atoms with E-state index in [0.717, 1.165) is 39.6 Å². The van der Waals surface area contributed by atoms with Crippen LogP contribution < -0.4 is 4.57 Å². The molecular formula is C29H26N3O+. The van der Waals surface area contributed by atoms with Crippen LogP contribution in [0.4, 0.5) is 0 Å². The summed E-state index contributed by atoms with van der Waals surface area (Å²) in [6.45, 7) is 6.39. The van der Waals surface area contributed by atoms with Crippen molar-refractivity contribution >= 4 is 32.9 Å². The van der Waals surface area contributed by atoms with Crippen molar-refractivity contribution in [1.82, 2.24) is 9.55 Å². The van der Waals surface area contributed by atoms with Gasteiger partial charge >= 0.3 is 0 Å². The van der Waals surface area contributed by atoms with Gasteiger partial charge in [-0.1, -0.05) is 68.4 Å². The fraction of sp³-hybridized carbons (Fsp3) is 0.172. The first-order valence-corrected chi connectivity index (χ1v) is 11.4. The zero-order valence-electron chi connectivity index (χ0n) is 19.3. The van der Waals surface area contributed by atoms with Crippen molar-refractivity contribution < 1.29 is 8.98 Å². The van der Waals surface area contributed by atoms with Crippen LogP contribution in [0.25, 0.3) is 50.0 Å². The largest absolute Gasteiger partial charge is 0.440 e. The molecule has 6 rings (SSSR count). The number of aromatic nitrogens is 3. The van der Waals surface area contributed by atoms with Crippen molar-refractivity contribution in [2.75, 3.05) is 0 Å². The molecule has 0 N–H and O–H groups in total. The Labute approximate surface area is 192 Å². The van der Waals surface area contributed by atoms with Crippen LogP contribution in [0.15, 0.2) is 83.3 Å². The lowest BCUT2D eigenvalue weighted by Gasteiger charge is -2.09. The number of para-hydroxylation sites is 2. The van der Waals surface area contributed by atoms with Gasteiger partial charge in [0.1, 0.15) is 11.2 Å². The van der Waals surface area contributed by atoms with E-state index in [1.54, 1.807) is 0 Å². The molecule has 0 aliphatic carbocycles. The van der Waals surface area contributed by atoms with Gasteiger partial charge in [0.05, 0.1) is 12.6 Å². The molecule has 0 aliphatic heterocycles. The summed E-state index contributed by atoms with van der Waals surface area (Å²) in [5, 5.41) is 2.44. The molecule has 0 atom stereocenters. The maximum atomic E-state index is 6.15. The Bertz CT molecular complexity index is 1660. The second-order valence-electron chi connectivity index (χ2n) is 9.02. The van der Waals surface area contributed by atoms with Crippen molar-refractivity contribution in [2.45, 2.75) is 26.7 Å². The number of nitrogens with zero attached hydrogens (tertiary/aromatic N) is 3. The van der Waals surface area contributed by atoms with Crippen LogP contribution in [-0.4, -0.2) is 9.55 Å². The lowest BCUT2D eigenvalue weighted by molar-refractivity contribution is -0.633. The molecule has 4 aromatic carbocycles. The number of fused-ring (bicyclic) bond motifs is 3. The van der Waals surface area contributed by atoms with E-state index >= 15 is 0 Å². The van der Waals surface area contributed by atoms with Gasteiger partial charge in [0.25, 0.3) is 5.82 Å². The number of imidazole rings is 1. The van der Waals surface area contributed by atoms with E-state index in [4.69, 9.17) is 9.40 Å². The Morgan fingerprint density at radius 2 is 1.64 bits per heavy atom. The summed E-state index contributed by atoms with van der Waals surface area (Å²) in [5.74, 6) is 2.09. The van der Waals surface area contributed by atoms with Crippen LogP contribution in [0.2, 0.25) is 0 Å². The van der Waals surface area contributed by atoms with E-state index in [2.05, 4.69) is 110 Å². The highest BCUT2D eigenvalue weighted by atomic mass is 16.3. The molecule has 6 aromatic rings. The van der Waals surface area contributed by atoms with Crippen molar-refractivity contribution in [3.05, 3.63) is 90.3 Å². The van der Waals surface area contributed by atoms with Gasteiger partial charge < -0.3 is 4.42 Å². The quantitative estimate of drug-likeness (QED) is 0.287. The van der Waals surface area contributed by atoms with Gasteiger partial charge in [0, 0.05) is 11.3 Å². The number of oxazole rings is 1. The summed E-state index contributed by atoms with van der Waals surface area (Å²) in [4.78, 5) is 4.96. The van der Waals surface area contributed by atoms with Crippen molar-refractivity contribution in [1.29, 1.82) is 0 Å². The highest BCUT2D eigenvalue weighted by Crippen LogP contribution is 2.36. The Morgan fingerprint density at radius 3 is 2.48 bits per heavy atom. The molecule has 2 heterocycles. The molecular weight excluding hydrogens is 406 g/mol. The van der Waals surface area contributed by atoms with E-state index < -0.39 is 0 Å². The van der Waals surface area contributed by atoms with Gasteiger partial charge in [-0.15, -0.1) is 0 Å². The monoisotopic (exact) mass is 432 g/mol. The second kappa shape index (κ2) is 7.31. The summed E-state index contributed by atoms with van der Waals surface area (Å²) < 4.78 is 10.8. The summed E-state index contributed by atoms with van der Waals surface area (Å²) in [5.41, 5.74) is 7.51. The molecule has 0 unspecified atom stereocenters. The summed E-state index contributed by atoms with van der Waals surface area (Å²) in [6, 6.07) is 27.8. The highest BCUT2D eigenvalue weighted by molar-refractivity contribution is 5.96. The van der Waals surface area contributed by atoms with E-state index in [0.29, 0.717) is 0 Å². The minimum absolute atomic E-state index is 0.225. The number of hydrogen-bond donors (Lipinski definition) is 0. The van der Waals surface area contributed by atoms with Gasteiger partial charge in [0.2, 0.25) is 0 Å². The molecule has 0 amide bonds. The molecule has 0 aliphatic rings. The average molecular weight is 433 g/mol. The minimum Gasteiger partial charge on any atom is -0.440 e. The van der Waals surface area contributed by atoms with Crippen molar-refractivity contribution in [2.24, 2.45) is 7.05 Å². The highest BCUT2D eigenvalue weighted by Gasteiger charge is 2.30. The molecule has 33 heavy (non-hydrogen) atoms. The van der Waals surface area contributed by atoms with Gasteiger partial charge in [-0.05, 0) is 42.1 Å². The third-order valence-corrected chi connectivity index (χ3v) is 6.52. The first kappa shape index (κ1) is 19.7. The van der Waals surface area contributed by atoms with Crippen LogP contribution >= 0.6 is 0 Å². The minimum atomic E-state index is 0.225. The number of benzene rings is 4. The van der Waals surface area contributed by atoms with Gasteiger partial charge in [-0.25, -0.2) is 9.55 Å². The predicted molar refractivity (Wildman–Crippen MR) is 134 cm³/mol. The van der Waals surface area contributed by atoms with Crippen LogP contribution in [0, 0.1) is 6.92 Å². The predicted octanol–water partition coefficient (Wildman–Crippen LogP) is 6.85. The van der Waals surface area contributed by atoms with Crippen molar-refractivity contribution in [3.63, 3.8) is 0 Å². The summed E-state index contributed by atoms with van der Waals surface area (Å²) in [7, 11) is 2.14. The third-order valence-electron chi connectivity index (χ3n) is 6.52. The number of hydrogen-bond acceptors (Lipinski definition) is 2. The zero-order chi connectivity index (χ0) is 22.7. The van der Waals surface area contributed by atoms with Gasteiger partial charge in [0.15, 0.2) is 22.5 Å². The Kier molecular flexibility index (Phi) is 4.37. The van der Waals surface area contributed by atoms with E-state index in [1.165, 1.54) is 21.9 Å². The lowest BCUT2D eigenvalue weighted by atomic mass is 10.0. The van der Waals surface area contributed by atoms with Crippen LogP contribution in [0.5, 0.6) is 0 Å². The molecule has 0 spiro atoms. The smallest absolute Gasteiger partial charge is 0.297 e. The third kappa shape index (κ3) is 2.91. The molecule has 0 bridgehead atoms. The van der Waals surface area contributed by atoms with Crippen LogP contribution in [0.1, 0.15) is 31.2 Å². The van der Waals surface area contributed by atoms with Crippen LogP contribution in [-0.2, 0) is 7.05 Å². The average Bonchev–Trinajstić information content (AvgIpc) is 3.39. The van der Waals surface area contributed by atoms with Gasteiger partial charge in [-0.3, -0.25) is 0 Å². The topological polar surface area (TPSA) is 34.8 Å².